The van der Waals surface area contributed by atoms with Crippen molar-refractivity contribution in [2.45, 2.75) is 12.8 Å². The Morgan fingerprint density at radius 2 is 2.05 bits per heavy atom. The molecule has 20 heavy (non-hydrogen) atoms. The number of hydrogen-bond donors (Lipinski definition) is 1. The molecule has 2 rings (SSSR count). The fourth-order valence-corrected chi connectivity index (χ4v) is 2.15. The van der Waals surface area contributed by atoms with Crippen molar-refractivity contribution >= 4 is 24.3 Å². The van der Waals surface area contributed by atoms with Gasteiger partial charge in [-0.2, -0.15) is 0 Å². The van der Waals surface area contributed by atoms with Crippen LogP contribution in [0.2, 0.25) is 0 Å². The van der Waals surface area contributed by atoms with E-state index in [0.717, 1.165) is 6.07 Å². The summed E-state index contributed by atoms with van der Waals surface area (Å²) in [6.45, 7) is 0.470. The zero-order chi connectivity index (χ0) is 14.0. The van der Waals surface area contributed by atoms with E-state index in [1.165, 1.54) is 17.0 Å². The Kier molecular flexibility index (Phi) is 5.44. The molecule has 1 amide bonds. The third-order valence-corrected chi connectivity index (χ3v) is 3.26. The Labute approximate surface area is 120 Å². The van der Waals surface area contributed by atoms with Crippen LogP contribution in [0.5, 0.6) is 0 Å². The fourth-order valence-electron chi connectivity index (χ4n) is 2.15. The predicted molar refractivity (Wildman–Crippen MR) is 69.6 cm³/mol. The third-order valence-electron chi connectivity index (χ3n) is 3.26. The van der Waals surface area contributed by atoms with Crippen LogP contribution in [0.3, 0.4) is 0 Å². The molecule has 0 aromatic heterocycles. The number of aliphatic carboxylic acids is 1. The number of carbonyl (C=O) groups excluding carboxylic acids is 1. The molecule has 0 bridgehead atoms. The van der Waals surface area contributed by atoms with Crippen LogP contribution in [0.15, 0.2) is 18.2 Å². The summed E-state index contributed by atoms with van der Waals surface area (Å²) in [6, 6.07) is 3.67. The average molecular weight is 306 g/mol. The number of carboxylic acid groups (broad SMARTS) is 1. The Balaban J connectivity index is 0.00000200. The highest BCUT2D eigenvalue weighted by molar-refractivity contribution is 5.85. The Bertz CT molecular complexity index is 524. The molecule has 1 aliphatic heterocycles. The second kappa shape index (κ2) is 6.65. The molecule has 1 aromatic carbocycles. The second-order valence-electron chi connectivity index (χ2n) is 4.55. The third kappa shape index (κ3) is 3.45. The highest BCUT2D eigenvalue weighted by atomic mass is 35.5. The van der Waals surface area contributed by atoms with E-state index in [4.69, 9.17) is 5.11 Å². The molecule has 1 heterocycles. The highest BCUT2D eigenvalue weighted by Crippen LogP contribution is 2.19. The standard InChI is InChI=1S/C13H13F2NO3.ClH/c14-10-3-1-2-8(12(10)15)6-11(17)16-5-4-9(7-16)13(18)19;/h1-3,9H,4-7H2,(H,18,19);1H. The molecule has 110 valence electrons. The first-order valence-corrected chi connectivity index (χ1v) is 5.92. The van der Waals surface area contributed by atoms with Crippen LogP contribution in [0.4, 0.5) is 8.78 Å². The van der Waals surface area contributed by atoms with Gasteiger partial charge in [0, 0.05) is 18.7 Å². The van der Waals surface area contributed by atoms with Crippen LogP contribution >= 0.6 is 12.4 Å². The molecule has 1 unspecified atom stereocenters. The van der Waals surface area contributed by atoms with E-state index >= 15 is 0 Å². The summed E-state index contributed by atoms with van der Waals surface area (Å²) in [4.78, 5) is 24.0. The van der Waals surface area contributed by atoms with E-state index in [-0.39, 0.29) is 36.8 Å². The van der Waals surface area contributed by atoms with Crippen LogP contribution < -0.4 is 0 Å². The summed E-state index contributed by atoms with van der Waals surface area (Å²) in [6.07, 6.45) is 0.142. The molecule has 7 heteroatoms. The van der Waals surface area contributed by atoms with Crippen molar-refractivity contribution in [2.75, 3.05) is 13.1 Å². The Morgan fingerprint density at radius 3 is 2.65 bits per heavy atom. The van der Waals surface area contributed by atoms with Gasteiger partial charge in [0.1, 0.15) is 0 Å². The average Bonchev–Trinajstić information content (AvgIpc) is 2.84. The van der Waals surface area contributed by atoms with Gasteiger partial charge in [-0.25, -0.2) is 8.78 Å². The molecular weight excluding hydrogens is 292 g/mol. The van der Waals surface area contributed by atoms with Crippen molar-refractivity contribution in [3.05, 3.63) is 35.4 Å². The highest BCUT2D eigenvalue weighted by Gasteiger charge is 2.31. The van der Waals surface area contributed by atoms with E-state index in [9.17, 15) is 18.4 Å². The van der Waals surface area contributed by atoms with Gasteiger partial charge in [-0.3, -0.25) is 9.59 Å². The monoisotopic (exact) mass is 305 g/mol. The predicted octanol–water partition coefficient (Wildman–Crippen LogP) is 1.86. The summed E-state index contributed by atoms with van der Waals surface area (Å²) in [7, 11) is 0. The molecule has 0 radical (unpaired) electrons. The smallest absolute Gasteiger partial charge is 0.308 e. The lowest BCUT2D eigenvalue weighted by Crippen LogP contribution is -2.31. The van der Waals surface area contributed by atoms with Crippen molar-refractivity contribution in [1.82, 2.24) is 4.90 Å². The molecule has 1 atom stereocenters. The largest absolute Gasteiger partial charge is 0.481 e. The lowest BCUT2D eigenvalue weighted by molar-refractivity contribution is -0.141. The maximum absolute atomic E-state index is 13.4. The number of rotatable bonds is 3. The van der Waals surface area contributed by atoms with Crippen molar-refractivity contribution in [3.63, 3.8) is 0 Å². The number of carboxylic acids is 1. The van der Waals surface area contributed by atoms with Crippen LogP contribution in [-0.2, 0) is 16.0 Å². The van der Waals surface area contributed by atoms with Gasteiger partial charge in [0.15, 0.2) is 11.6 Å². The van der Waals surface area contributed by atoms with Gasteiger partial charge in [0.25, 0.3) is 0 Å². The zero-order valence-electron chi connectivity index (χ0n) is 10.5. The van der Waals surface area contributed by atoms with Gasteiger partial charge in [-0.1, -0.05) is 12.1 Å². The van der Waals surface area contributed by atoms with Crippen LogP contribution in [-0.4, -0.2) is 35.0 Å². The summed E-state index contributed by atoms with van der Waals surface area (Å²) in [5.74, 6) is -3.90. The van der Waals surface area contributed by atoms with Crippen LogP contribution in [0, 0.1) is 17.6 Å². The molecule has 1 N–H and O–H groups in total. The molecule has 4 nitrogen and oxygen atoms in total. The quantitative estimate of drug-likeness (QED) is 0.927. The number of hydrogen-bond acceptors (Lipinski definition) is 2. The number of likely N-dealkylation sites (tertiary alicyclic amines) is 1. The van der Waals surface area contributed by atoms with E-state index in [1.807, 2.05) is 0 Å². The normalized spacial score (nSPS) is 17.7. The van der Waals surface area contributed by atoms with E-state index in [0.29, 0.717) is 13.0 Å². The molecular formula is C13H14ClF2NO3. The number of amides is 1. The van der Waals surface area contributed by atoms with E-state index in [2.05, 4.69) is 0 Å². The minimum atomic E-state index is -1.02. The van der Waals surface area contributed by atoms with Gasteiger partial charge < -0.3 is 10.0 Å². The topological polar surface area (TPSA) is 57.6 Å². The molecule has 1 saturated heterocycles. The molecule has 0 spiro atoms. The molecule has 1 aromatic rings. The summed E-state index contributed by atoms with van der Waals surface area (Å²) >= 11 is 0. The Morgan fingerprint density at radius 1 is 1.35 bits per heavy atom. The van der Waals surface area contributed by atoms with Gasteiger partial charge >= 0.3 is 5.97 Å². The first-order chi connectivity index (χ1) is 8.99. The lowest BCUT2D eigenvalue weighted by atomic mass is 10.1. The van der Waals surface area contributed by atoms with Crippen molar-refractivity contribution in [3.8, 4) is 0 Å². The summed E-state index contributed by atoms with van der Waals surface area (Å²) < 4.78 is 26.4. The number of benzene rings is 1. The van der Waals surface area contributed by atoms with Crippen molar-refractivity contribution in [2.24, 2.45) is 5.92 Å². The number of halogens is 3. The van der Waals surface area contributed by atoms with Gasteiger partial charge in [0.2, 0.25) is 5.91 Å². The van der Waals surface area contributed by atoms with Crippen molar-refractivity contribution in [1.29, 1.82) is 0 Å². The van der Waals surface area contributed by atoms with E-state index in [1.54, 1.807) is 0 Å². The number of carbonyl (C=O) groups is 2. The second-order valence-corrected chi connectivity index (χ2v) is 4.55. The minimum absolute atomic E-state index is 0. The molecule has 0 saturated carbocycles. The van der Waals surface area contributed by atoms with Gasteiger partial charge in [0.05, 0.1) is 12.3 Å². The zero-order valence-corrected chi connectivity index (χ0v) is 11.3. The van der Waals surface area contributed by atoms with Crippen LogP contribution in [0.25, 0.3) is 0 Å². The molecule has 0 aliphatic carbocycles. The maximum atomic E-state index is 13.4. The van der Waals surface area contributed by atoms with Gasteiger partial charge in [-0.15, -0.1) is 12.4 Å². The lowest BCUT2D eigenvalue weighted by Gasteiger charge is -2.16. The maximum Gasteiger partial charge on any atom is 0.308 e. The number of nitrogens with zero attached hydrogens (tertiary/aromatic N) is 1. The first kappa shape index (κ1) is 16.4. The minimum Gasteiger partial charge on any atom is -0.481 e. The summed E-state index contributed by atoms with van der Waals surface area (Å²) in [5.41, 5.74) is -0.0104. The Hall–Kier alpha value is -1.69. The van der Waals surface area contributed by atoms with E-state index < -0.39 is 23.5 Å². The first-order valence-electron chi connectivity index (χ1n) is 5.92. The molecule has 1 fully saturated rings. The SMILES string of the molecule is Cl.O=C(O)C1CCN(C(=O)Cc2cccc(F)c2F)C1. The van der Waals surface area contributed by atoms with Crippen molar-refractivity contribution < 1.29 is 23.5 Å². The summed E-state index contributed by atoms with van der Waals surface area (Å²) in [5, 5.41) is 8.84. The molecule has 1 aliphatic rings. The fraction of sp³-hybridized carbons (Fsp3) is 0.385. The van der Waals surface area contributed by atoms with Gasteiger partial charge in [-0.05, 0) is 12.5 Å². The van der Waals surface area contributed by atoms with Crippen LogP contribution in [0.1, 0.15) is 12.0 Å².